The van der Waals surface area contributed by atoms with E-state index in [2.05, 4.69) is 10.6 Å². The number of carbonyl (C=O) groups excluding carboxylic acids is 2. The van der Waals surface area contributed by atoms with Gasteiger partial charge in [-0.2, -0.15) is 0 Å². The summed E-state index contributed by atoms with van der Waals surface area (Å²) in [6.07, 6.45) is 2.97. The monoisotopic (exact) mass is 327 g/mol. The molecule has 4 N–H and O–H groups in total. The zero-order valence-electron chi connectivity index (χ0n) is 13.2. The third-order valence-corrected chi connectivity index (χ3v) is 3.25. The summed E-state index contributed by atoms with van der Waals surface area (Å²) in [6.45, 7) is 1.73. The van der Waals surface area contributed by atoms with E-state index in [9.17, 15) is 14.0 Å². The molecule has 0 aliphatic heterocycles. The van der Waals surface area contributed by atoms with E-state index in [0.29, 0.717) is 11.4 Å². The van der Waals surface area contributed by atoms with Crippen LogP contribution in [-0.2, 0) is 9.59 Å². The maximum absolute atomic E-state index is 12.8. The normalized spacial score (nSPS) is 10.6. The molecule has 0 aliphatic rings. The molecule has 0 aliphatic carbocycles. The Morgan fingerprint density at radius 1 is 1.12 bits per heavy atom. The molecule has 2 aromatic carbocycles. The Labute approximate surface area is 139 Å². The number of nitrogens with one attached hydrogen (secondary N) is 2. The van der Waals surface area contributed by atoms with Crippen LogP contribution in [0.15, 0.2) is 48.5 Å². The second-order valence-electron chi connectivity index (χ2n) is 5.16. The fourth-order valence-electron chi connectivity index (χ4n) is 2.01. The molecule has 0 aromatic heterocycles. The highest BCUT2D eigenvalue weighted by molar-refractivity contribution is 6.02. The summed E-state index contributed by atoms with van der Waals surface area (Å²) < 4.78 is 12.8. The number of anilines is 2. The minimum atomic E-state index is -0.325. The first-order valence-corrected chi connectivity index (χ1v) is 7.33. The van der Waals surface area contributed by atoms with Crippen molar-refractivity contribution in [2.24, 2.45) is 5.73 Å². The van der Waals surface area contributed by atoms with E-state index >= 15 is 0 Å². The maximum atomic E-state index is 12.8. The van der Waals surface area contributed by atoms with Crippen LogP contribution in [0.2, 0.25) is 0 Å². The molecule has 5 nitrogen and oxygen atoms in total. The van der Waals surface area contributed by atoms with Crippen molar-refractivity contribution in [3.05, 3.63) is 65.5 Å². The lowest BCUT2D eigenvalue weighted by molar-refractivity contribution is -0.115. The summed E-state index contributed by atoms with van der Waals surface area (Å²) in [6, 6.07) is 10.9. The molecule has 124 valence electrons. The molecule has 0 spiro atoms. The number of nitrogens with two attached hydrogens (primary N) is 1. The second kappa shape index (κ2) is 8.03. The van der Waals surface area contributed by atoms with Crippen LogP contribution in [0.4, 0.5) is 15.8 Å². The van der Waals surface area contributed by atoms with Crippen molar-refractivity contribution in [1.29, 1.82) is 0 Å². The Morgan fingerprint density at radius 2 is 1.83 bits per heavy atom. The number of aryl methyl sites for hydroxylation is 1. The molecule has 2 aromatic rings. The van der Waals surface area contributed by atoms with Crippen molar-refractivity contribution in [1.82, 2.24) is 0 Å². The van der Waals surface area contributed by atoms with Crippen LogP contribution in [-0.4, -0.2) is 18.4 Å². The minimum absolute atomic E-state index is 0.0916. The van der Waals surface area contributed by atoms with Crippen molar-refractivity contribution in [3.63, 3.8) is 0 Å². The number of benzene rings is 2. The van der Waals surface area contributed by atoms with Crippen LogP contribution in [0.3, 0.4) is 0 Å². The molecule has 0 fully saturated rings. The Hall–Kier alpha value is -2.99. The van der Waals surface area contributed by atoms with E-state index in [-0.39, 0.29) is 24.2 Å². The van der Waals surface area contributed by atoms with E-state index in [0.717, 1.165) is 11.1 Å². The van der Waals surface area contributed by atoms with E-state index < -0.39 is 0 Å². The molecule has 0 radical (unpaired) electrons. The summed E-state index contributed by atoms with van der Waals surface area (Å²) in [5, 5.41) is 5.39. The maximum Gasteiger partial charge on any atom is 0.248 e. The first-order valence-electron chi connectivity index (χ1n) is 7.33. The van der Waals surface area contributed by atoms with Crippen LogP contribution >= 0.6 is 0 Å². The standard InChI is InChI=1S/C18H18FN3O2/c1-12-10-15(21-18(24)11-20)7-8-16(12)22-17(23)9-4-13-2-5-14(19)6-3-13/h2-10H,11,20H2,1H3,(H,21,24)(H,22,23)/b9-4+. The van der Waals surface area contributed by atoms with Crippen molar-refractivity contribution in [2.75, 3.05) is 17.2 Å². The Balaban J connectivity index is 2.00. The lowest BCUT2D eigenvalue weighted by Gasteiger charge is -2.09. The van der Waals surface area contributed by atoms with Crippen LogP contribution in [0.25, 0.3) is 6.08 Å². The topological polar surface area (TPSA) is 84.2 Å². The average molecular weight is 327 g/mol. The van der Waals surface area contributed by atoms with Crippen LogP contribution in [0.5, 0.6) is 0 Å². The molecule has 0 atom stereocenters. The molecule has 0 heterocycles. The number of halogens is 1. The number of hydrogen-bond donors (Lipinski definition) is 3. The van der Waals surface area contributed by atoms with Crippen molar-refractivity contribution in [3.8, 4) is 0 Å². The van der Waals surface area contributed by atoms with Gasteiger partial charge >= 0.3 is 0 Å². The summed E-state index contributed by atoms with van der Waals surface area (Å²) in [4.78, 5) is 23.2. The predicted octanol–water partition coefficient (Wildman–Crippen LogP) is 2.68. The van der Waals surface area contributed by atoms with Gasteiger partial charge in [0.05, 0.1) is 6.54 Å². The number of hydrogen-bond acceptors (Lipinski definition) is 3. The highest BCUT2D eigenvalue weighted by Gasteiger charge is 2.05. The van der Waals surface area contributed by atoms with Crippen LogP contribution < -0.4 is 16.4 Å². The van der Waals surface area contributed by atoms with Crippen molar-refractivity contribution >= 4 is 29.3 Å². The molecule has 0 saturated heterocycles. The Kier molecular flexibility index (Phi) is 5.81. The first kappa shape index (κ1) is 17.4. The van der Waals surface area contributed by atoms with Crippen LogP contribution in [0.1, 0.15) is 11.1 Å². The van der Waals surface area contributed by atoms with Gasteiger partial charge < -0.3 is 16.4 Å². The lowest BCUT2D eigenvalue weighted by Crippen LogP contribution is -2.21. The van der Waals surface area contributed by atoms with Crippen molar-refractivity contribution in [2.45, 2.75) is 6.92 Å². The fourth-order valence-corrected chi connectivity index (χ4v) is 2.01. The van der Waals surface area contributed by atoms with Gasteiger partial charge in [-0.15, -0.1) is 0 Å². The SMILES string of the molecule is Cc1cc(NC(=O)CN)ccc1NC(=O)/C=C/c1ccc(F)cc1. The minimum Gasteiger partial charge on any atom is -0.325 e. The number of amides is 2. The molecule has 24 heavy (non-hydrogen) atoms. The van der Waals surface area contributed by atoms with Gasteiger partial charge in [0.1, 0.15) is 5.82 Å². The molecule has 6 heteroatoms. The zero-order valence-corrected chi connectivity index (χ0v) is 13.2. The van der Waals surface area contributed by atoms with E-state index in [1.54, 1.807) is 36.4 Å². The van der Waals surface area contributed by atoms with Gasteiger partial charge in [0.2, 0.25) is 11.8 Å². The van der Waals surface area contributed by atoms with E-state index in [4.69, 9.17) is 5.73 Å². The molecule has 0 bridgehead atoms. The predicted molar refractivity (Wildman–Crippen MR) is 92.9 cm³/mol. The smallest absolute Gasteiger partial charge is 0.248 e. The third-order valence-electron chi connectivity index (χ3n) is 3.25. The van der Waals surface area contributed by atoms with Gasteiger partial charge in [0, 0.05) is 17.5 Å². The summed E-state index contributed by atoms with van der Waals surface area (Å²) in [5.74, 6) is -0.913. The fraction of sp³-hybridized carbons (Fsp3) is 0.111. The molecule has 2 amide bonds. The average Bonchev–Trinajstić information content (AvgIpc) is 2.56. The second-order valence-corrected chi connectivity index (χ2v) is 5.16. The highest BCUT2D eigenvalue weighted by atomic mass is 19.1. The van der Waals surface area contributed by atoms with E-state index in [1.165, 1.54) is 18.2 Å². The molecular weight excluding hydrogens is 309 g/mol. The molecule has 2 rings (SSSR count). The van der Waals surface area contributed by atoms with Crippen molar-refractivity contribution < 1.29 is 14.0 Å². The lowest BCUT2D eigenvalue weighted by atomic mass is 10.1. The van der Waals surface area contributed by atoms with E-state index in [1.807, 2.05) is 6.92 Å². The van der Waals surface area contributed by atoms with Gasteiger partial charge in [0.15, 0.2) is 0 Å². The summed E-state index contributed by atoms with van der Waals surface area (Å²) in [7, 11) is 0. The third kappa shape index (κ3) is 5.03. The quantitative estimate of drug-likeness (QED) is 0.738. The van der Waals surface area contributed by atoms with Crippen LogP contribution in [0, 0.1) is 12.7 Å². The number of carbonyl (C=O) groups is 2. The number of rotatable bonds is 5. The van der Waals surface area contributed by atoms with Gasteiger partial charge in [-0.05, 0) is 54.5 Å². The van der Waals surface area contributed by atoms with Gasteiger partial charge in [-0.1, -0.05) is 12.1 Å². The largest absolute Gasteiger partial charge is 0.325 e. The summed E-state index contributed by atoms with van der Waals surface area (Å²) in [5.41, 5.74) is 8.02. The Bertz CT molecular complexity index is 770. The first-order chi connectivity index (χ1) is 11.5. The molecule has 0 unspecified atom stereocenters. The van der Waals surface area contributed by atoms with Gasteiger partial charge in [0.25, 0.3) is 0 Å². The van der Waals surface area contributed by atoms with Gasteiger partial charge in [-0.25, -0.2) is 4.39 Å². The molecule has 0 saturated carbocycles. The zero-order chi connectivity index (χ0) is 17.5. The highest BCUT2D eigenvalue weighted by Crippen LogP contribution is 2.19. The van der Waals surface area contributed by atoms with Gasteiger partial charge in [-0.3, -0.25) is 9.59 Å². The Morgan fingerprint density at radius 3 is 2.46 bits per heavy atom. The summed E-state index contributed by atoms with van der Waals surface area (Å²) >= 11 is 0. The molecular formula is C18H18FN3O2.